The molecule has 1 fully saturated rings. The van der Waals surface area contributed by atoms with Crippen LogP contribution in [0.4, 0.5) is 0 Å². The van der Waals surface area contributed by atoms with Crippen molar-refractivity contribution in [2.45, 2.75) is 6.04 Å². The number of piperazine rings is 1. The van der Waals surface area contributed by atoms with Crippen molar-refractivity contribution < 1.29 is 24.1 Å². The van der Waals surface area contributed by atoms with Crippen LogP contribution in [0.5, 0.6) is 17.2 Å². The second-order valence-corrected chi connectivity index (χ2v) is 4.98. The quantitative estimate of drug-likeness (QED) is 0.834. The molecule has 7 heteroatoms. The number of hydrogen-bond donors (Lipinski definition) is 2. The first-order valence-corrected chi connectivity index (χ1v) is 6.86. The van der Waals surface area contributed by atoms with Crippen LogP contribution in [0.25, 0.3) is 0 Å². The van der Waals surface area contributed by atoms with Crippen molar-refractivity contribution in [1.29, 1.82) is 0 Å². The van der Waals surface area contributed by atoms with E-state index in [9.17, 15) is 9.90 Å². The molecule has 1 unspecified atom stereocenters. The highest BCUT2D eigenvalue weighted by Gasteiger charge is 2.31. The number of carbonyl (C=O) groups is 1. The highest BCUT2D eigenvalue weighted by molar-refractivity contribution is 5.76. The summed E-state index contributed by atoms with van der Waals surface area (Å²) in [7, 11) is 1.53. The van der Waals surface area contributed by atoms with Gasteiger partial charge < -0.3 is 24.6 Å². The molecule has 0 aliphatic carbocycles. The second-order valence-electron chi connectivity index (χ2n) is 4.98. The number of ether oxygens (including phenoxy) is 3. The summed E-state index contributed by atoms with van der Waals surface area (Å²) in [6.45, 7) is 3.07. The lowest BCUT2D eigenvalue weighted by atomic mass is 10.0. The molecule has 1 aromatic rings. The van der Waals surface area contributed by atoms with Crippen LogP contribution in [-0.2, 0) is 4.79 Å². The van der Waals surface area contributed by atoms with Crippen molar-refractivity contribution in [1.82, 2.24) is 10.2 Å². The first-order chi connectivity index (χ1) is 10.2. The molecular weight excluding hydrogens is 276 g/mol. The minimum Gasteiger partial charge on any atom is -0.493 e. The van der Waals surface area contributed by atoms with Gasteiger partial charge in [0.05, 0.1) is 7.11 Å². The summed E-state index contributed by atoms with van der Waals surface area (Å²) in [4.78, 5) is 13.7. The Kier molecular flexibility index (Phi) is 3.85. The molecule has 7 nitrogen and oxygen atoms in total. The maximum atomic E-state index is 11.7. The van der Waals surface area contributed by atoms with Gasteiger partial charge in [-0.15, -0.1) is 0 Å². The molecule has 114 valence electrons. The Morgan fingerprint density at radius 1 is 1.38 bits per heavy atom. The largest absolute Gasteiger partial charge is 0.493 e. The number of carboxylic acids is 1. The average molecular weight is 294 g/mol. The number of methoxy groups -OCH3 is 1. The van der Waals surface area contributed by atoms with Crippen LogP contribution in [0.3, 0.4) is 0 Å². The van der Waals surface area contributed by atoms with Gasteiger partial charge in [-0.25, -0.2) is 0 Å². The summed E-state index contributed by atoms with van der Waals surface area (Å²) >= 11 is 0. The topological polar surface area (TPSA) is 80.3 Å². The van der Waals surface area contributed by atoms with Gasteiger partial charge in [-0.2, -0.15) is 0 Å². The molecular formula is C14H18N2O5. The molecule has 1 aromatic carbocycles. The summed E-state index contributed by atoms with van der Waals surface area (Å²) in [5.74, 6) is 0.690. The van der Waals surface area contributed by atoms with Gasteiger partial charge in [-0.05, 0) is 17.7 Å². The number of carboxylic acid groups (broad SMARTS) is 1. The fraction of sp³-hybridized carbons (Fsp3) is 0.500. The number of benzene rings is 1. The predicted octanol–water partition coefficient (Wildman–Crippen LogP) is 0.455. The molecule has 0 saturated carbocycles. The summed E-state index contributed by atoms with van der Waals surface area (Å²) in [5.41, 5.74) is 0.644. The number of hydrogen-bond acceptors (Lipinski definition) is 6. The van der Waals surface area contributed by atoms with Gasteiger partial charge in [0.1, 0.15) is 6.04 Å². The number of aliphatic carboxylic acids is 1. The Hall–Kier alpha value is -1.99. The molecule has 2 aliphatic rings. The smallest absolute Gasteiger partial charge is 0.325 e. The van der Waals surface area contributed by atoms with Crippen molar-refractivity contribution in [3.05, 3.63) is 17.7 Å². The Labute approximate surface area is 122 Å². The van der Waals surface area contributed by atoms with E-state index in [-0.39, 0.29) is 6.79 Å². The number of nitrogens with one attached hydrogen (secondary N) is 1. The molecule has 2 heterocycles. The van der Waals surface area contributed by atoms with E-state index in [1.165, 1.54) is 7.11 Å². The van der Waals surface area contributed by atoms with Gasteiger partial charge in [0.2, 0.25) is 12.5 Å². The zero-order valence-corrected chi connectivity index (χ0v) is 11.8. The summed E-state index contributed by atoms with van der Waals surface area (Å²) in [6, 6.07) is 2.73. The molecule has 0 aromatic heterocycles. The highest BCUT2D eigenvalue weighted by atomic mass is 16.7. The third-order valence-corrected chi connectivity index (χ3v) is 3.75. The van der Waals surface area contributed by atoms with E-state index in [1.54, 1.807) is 12.1 Å². The van der Waals surface area contributed by atoms with E-state index in [4.69, 9.17) is 14.2 Å². The summed E-state index contributed by atoms with van der Waals surface area (Å²) in [5, 5.41) is 12.8. The SMILES string of the molecule is COc1cc(C(C(=O)O)N2CCNCC2)cc2c1OCO2. The van der Waals surface area contributed by atoms with E-state index in [2.05, 4.69) is 5.32 Å². The predicted molar refractivity (Wildman–Crippen MR) is 73.9 cm³/mol. The van der Waals surface area contributed by atoms with Crippen LogP contribution < -0.4 is 19.5 Å². The van der Waals surface area contributed by atoms with E-state index < -0.39 is 12.0 Å². The lowest BCUT2D eigenvalue weighted by Crippen LogP contribution is -2.47. The molecule has 0 spiro atoms. The zero-order chi connectivity index (χ0) is 14.8. The molecule has 1 atom stereocenters. The van der Waals surface area contributed by atoms with Crippen molar-refractivity contribution in [3.63, 3.8) is 0 Å². The highest BCUT2D eigenvalue weighted by Crippen LogP contribution is 2.43. The van der Waals surface area contributed by atoms with Crippen LogP contribution in [0, 0.1) is 0 Å². The molecule has 2 aliphatic heterocycles. The molecule has 0 radical (unpaired) electrons. The van der Waals surface area contributed by atoms with Crippen molar-refractivity contribution in [2.75, 3.05) is 40.1 Å². The molecule has 0 amide bonds. The fourth-order valence-corrected chi connectivity index (χ4v) is 2.76. The van der Waals surface area contributed by atoms with E-state index >= 15 is 0 Å². The average Bonchev–Trinajstić information content (AvgIpc) is 2.95. The third-order valence-electron chi connectivity index (χ3n) is 3.75. The minimum atomic E-state index is -0.877. The molecule has 3 rings (SSSR count). The van der Waals surface area contributed by atoms with Crippen LogP contribution in [0.15, 0.2) is 12.1 Å². The van der Waals surface area contributed by atoms with Gasteiger partial charge in [0.15, 0.2) is 11.5 Å². The van der Waals surface area contributed by atoms with Gasteiger partial charge in [0, 0.05) is 26.2 Å². The maximum absolute atomic E-state index is 11.7. The fourth-order valence-electron chi connectivity index (χ4n) is 2.76. The zero-order valence-electron chi connectivity index (χ0n) is 11.8. The molecule has 1 saturated heterocycles. The number of nitrogens with zero attached hydrogens (tertiary/aromatic N) is 1. The Morgan fingerprint density at radius 3 is 2.81 bits per heavy atom. The lowest BCUT2D eigenvalue weighted by Gasteiger charge is -2.32. The van der Waals surface area contributed by atoms with Crippen LogP contribution in [0.1, 0.15) is 11.6 Å². The van der Waals surface area contributed by atoms with Crippen molar-refractivity contribution in [3.8, 4) is 17.2 Å². The summed E-state index contributed by atoms with van der Waals surface area (Å²) in [6.07, 6.45) is 0. The van der Waals surface area contributed by atoms with Crippen LogP contribution in [0.2, 0.25) is 0 Å². The second kappa shape index (κ2) is 5.79. The minimum absolute atomic E-state index is 0.126. The van der Waals surface area contributed by atoms with Crippen LogP contribution in [-0.4, -0.2) is 56.1 Å². The van der Waals surface area contributed by atoms with Crippen molar-refractivity contribution >= 4 is 5.97 Å². The van der Waals surface area contributed by atoms with E-state index in [0.717, 1.165) is 13.1 Å². The van der Waals surface area contributed by atoms with E-state index in [1.807, 2.05) is 4.90 Å². The number of rotatable bonds is 4. The normalized spacial score (nSPS) is 19.3. The van der Waals surface area contributed by atoms with Gasteiger partial charge >= 0.3 is 5.97 Å². The molecule has 0 bridgehead atoms. The first-order valence-electron chi connectivity index (χ1n) is 6.86. The Bertz CT molecular complexity index is 542. The maximum Gasteiger partial charge on any atom is 0.325 e. The van der Waals surface area contributed by atoms with E-state index in [0.29, 0.717) is 35.9 Å². The molecule has 2 N–H and O–H groups in total. The van der Waals surface area contributed by atoms with Gasteiger partial charge in [-0.3, -0.25) is 9.69 Å². The molecule has 21 heavy (non-hydrogen) atoms. The Morgan fingerprint density at radius 2 is 2.14 bits per heavy atom. The third kappa shape index (κ3) is 2.62. The van der Waals surface area contributed by atoms with Gasteiger partial charge in [-0.1, -0.05) is 0 Å². The van der Waals surface area contributed by atoms with Crippen LogP contribution >= 0.6 is 0 Å². The summed E-state index contributed by atoms with van der Waals surface area (Å²) < 4.78 is 16.0. The standard InChI is InChI=1S/C14H18N2O5/c1-19-10-6-9(7-11-13(10)21-8-20-11)12(14(17)18)16-4-2-15-3-5-16/h6-7,12,15H,2-5,8H2,1H3,(H,17,18). The Balaban J connectivity index is 1.97. The first kappa shape index (κ1) is 14.0. The van der Waals surface area contributed by atoms with Crippen molar-refractivity contribution in [2.24, 2.45) is 0 Å². The lowest BCUT2D eigenvalue weighted by molar-refractivity contribution is -0.143. The monoisotopic (exact) mass is 294 g/mol. The van der Waals surface area contributed by atoms with Gasteiger partial charge in [0.25, 0.3) is 0 Å². The number of fused-ring (bicyclic) bond motifs is 1.